The van der Waals surface area contributed by atoms with E-state index in [9.17, 15) is 8.78 Å². The van der Waals surface area contributed by atoms with Crippen molar-refractivity contribution < 1.29 is 18.3 Å². The Hall–Kier alpha value is -2.96. The van der Waals surface area contributed by atoms with Crippen LogP contribution in [-0.4, -0.2) is 28.0 Å². The van der Waals surface area contributed by atoms with E-state index in [2.05, 4.69) is 15.0 Å². The Morgan fingerprint density at radius 1 is 1.10 bits per heavy atom. The van der Waals surface area contributed by atoms with Gasteiger partial charge in [-0.25, -0.2) is 13.8 Å². The molecular weight excluding hydrogens is 388 g/mol. The van der Waals surface area contributed by atoms with Crippen LogP contribution in [0.3, 0.4) is 0 Å². The van der Waals surface area contributed by atoms with Crippen LogP contribution >= 0.6 is 0 Å². The Morgan fingerprint density at radius 2 is 1.90 bits per heavy atom. The second-order valence-corrected chi connectivity index (χ2v) is 7.79. The lowest BCUT2D eigenvalue weighted by Gasteiger charge is -2.26. The number of methoxy groups -OCH3 is 1. The van der Waals surface area contributed by atoms with Gasteiger partial charge in [0.1, 0.15) is 23.9 Å². The largest absolute Gasteiger partial charge is 0.496 e. The molecule has 0 spiro atoms. The summed E-state index contributed by atoms with van der Waals surface area (Å²) in [6.45, 7) is 2.36. The van der Waals surface area contributed by atoms with Crippen molar-refractivity contribution in [1.82, 2.24) is 15.0 Å². The van der Waals surface area contributed by atoms with Crippen LogP contribution in [0.1, 0.15) is 48.7 Å². The van der Waals surface area contributed by atoms with Crippen molar-refractivity contribution in [2.45, 2.75) is 51.1 Å². The van der Waals surface area contributed by atoms with Gasteiger partial charge in [-0.05, 0) is 43.5 Å². The number of nitrogens with zero attached hydrogens (tertiary/aromatic N) is 2. The number of H-pyrrole nitrogens is 1. The number of benzene rings is 1. The molecule has 0 radical (unpaired) electrons. The van der Waals surface area contributed by atoms with E-state index in [-0.39, 0.29) is 18.8 Å². The molecule has 4 rings (SSSR count). The first-order valence-electron chi connectivity index (χ1n) is 10.1. The third-order valence-corrected chi connectivity index (χ3v) is 5.52. The van der Waals surface area contributed by atoms with Crippen LogP contribution in [0, 0.1) is 6.92 Å². The SMILES string of the molecule is COc1cc(OCc2ccc(C)cn2)ccc1-c1cnc(C2CCC(F)(F)CC2)[nH]1. The number of ether oxygens (including phenoxy) is 2. The number of pyridine rings is 1. The van der Waals surface area contributed by atoms with Gasteiger partial charge < -0.3 is 14.5 Å². The van der Waals surface area contributed by atoms with Crippen LogP contribution in [-0.2, 0) is 6.61 Å². The van der Waals surface area contributed by atoms with E-state index in [0.29, 0.717) is 30.9 Å². The molecule has 7 heteroatoms. The lowest BCUT2D eigenvalue weighted by molar-refractivity contribution is -0.0387. The zero-order chi connectivity index (χ0) is 21.1. The maximum absolute atomic E-state index is 13.4. The number of nitrogens with one attached hydrogen (secondary N) is 1. The number of aryl methyl sites for hydroxylation is 1. The molecule has 1 aromatic carbocycles. The van der Waals surface area contributed by atoms with Gasteiger partial charge in [0.05, 0.1) is 24.7 Å². The van der Waals surface area contributed by atoms with Crippen LogP contribution in [0.5, 0.6) is 11.5 Å². The smallest absolute Gasteiger partial charge is 0.248 e. The number of hydrogen-bond acceptors (Lipinski definition) is 4. The fourth-order valence-corrected chi connectivity index (χ4v) is 3.72. The van der Waals surface area contributed by atoms with E-state index in [4.69, 9.17) is 9.47 Å². The highest BCUT2D eigenvalue weighted by Crippen LogP contribution is 2.41. The maximum atomic E-state index is 13.4. The first-order chi connectivity index (χ1) is 14.4. The van der Waals surface area contributed by atoms with Crippen molar-refractivity contribution >= 4 is 0 Å². The minimum Gasteiger partial charge on any atom is -0.496 e. The van der Waals surface area contributed by atoms with Crippen LogP contribution in [0.15, 0.2) is 42.7 Å². The Morgan fingerprint density at radius 3 is 2.60 bits per heavy atom. The molecule has 1 N–H and O–H groups in total. The molecule has 1 aliphatic carbocycles. The maximum Gasteiger partial charge on any atom is 0.248 e. The van der Waals surface area contributed by atoms with Gasteiger partial charge in [-0.2, -0.15) is 0 Å². The van der Waals surface area contributed by atoms with Gasteiger partial charge in [0, 0.05) is 36.6 Å². The average molecular weight is 413 g/mol. The lowest BCUT2D eigenvalue weighted by atomic mass is 9.86. The number of aromatic amines is 1. The van der Waals surface area contributed by atoms with Crippen molar-refractivity contribution in [3.05, 3.63) is 59.8 Å². The number of halogens is 2. The summed E-state index contributed by atoms with van der Waals surface area (Å²) < 4.78 is 38.2. The van der Waals surface area contributed by atoms with Crippen LogP contribution in [0.2, 0.25) is 0 Å². The standard InChI is InChI=1S/C23H25F2N3O2/c1-15-3-4-17(26-12-15)14-30-18-5-6-19(21(11-18)29-2)20-13-27-22(28-20)16-7-9-23(24,25)10-8-16/h3-6,11-13,16H,7-10,14H2,1-2H3,(H,27,28). The highest BCUT2D eigenvalue weighted by atomic mass is 19.3. The van der Waals surface area contributed by atoms with Crippen molar-refractivity contribution in [2.75, 3.05) is 7.11 Å². The second kappa shape index (κ2) is 8.42. The number of alkyl halides is 2. The summed E-state index contributed by atoms with van der Waals surface area (Å²) in [6, 6.07) is 9.54. The van der Waals surface area contributed by atoms with Crippen LogP contribution < -0.4 is 9.47 Å². The van der Waals surface area contributed by atoms with Gasteiger partial charge in [-0.1, -0.05) is 6.07 Å². The van der Waals surface area contributed by atoms with Crippen molar-refractivity contribution in [2.24, 2.45) is 0 Å². The lowest BCUT2D eigenvalue weighted by Crippen LogP contribution is -2.24. The third kappa shape index (κ3) is 4.61. The fourth-order valence-electron chi connectivity index (χ4n) is 3.72. The van der Waals surface area contributed by atoms with Crippen molar-refractivity contribution in [3.8, 4) is 22.8 Å². The van der Waals surface area contributed by atoms with E-state index in [1.54, 1.807) is 13.3 Å². The number of rotatable bonds is 6. The van der Waals surface area contributed by atoms with E-state index >= 15 is 0 Å². The van der Waals surface area contributed by atoms with Gasteiger partial charge in [-0.15, -0.1) is 0 Å². The van der Waals surface area contributed by atoms with E-state index in [1.165, 1.54) is 0 Å². The van der Waals surface area contributed by atoms with Crippen molar-refractivity contribution in [3.63, 3.8) is 0 Å². The third-order valence-electron chi connectivity index (χ3n) is 5.52. The summed E-state index contributed by atoms with van der Waals surface area (Å²) in [5, 5.41) is 0. The molecule has 1 aliphatic rings. The van der Waals surface area contributed by atoms with Crippen LogP contribution in [0.4, 0.5) is 8.78 Å². The summed E-state index contributed by atoms with van der Waals surface area (Å²) in [5.41, 5.74) is 3.59. The Bertz CT molecular complexity index is 992. The highest BCUT2D eigenvalue weighted by Gasteiger charge is 2.36. The second-order valence-electron chi connectivity index (χ2n) is 7.79. The molecular formula is C23H25F2N3O2. The average Bonchev–Trinajstić information content (AvgIpc) is 3.23. The molecule has 158 valence electrons. The quantitative estimate of drug-likeness (QED) is 0.566. The monoisotopic (exact) mass is 413 g/mol. The summed E-state index contributed by atoms with van der Waals surface area (Å²) in [5.74, 6) is -0.428. The first kappa shape index (κ1) is 20.3. The molecule has 5 nitrogen and oxygen atoms in total. The summed E-state index contributed by atoms with van der Waals surface area (Å²) in [4.78, 5) is 12.1. The minimum atomic E-state index is -2.54. The molecule has 0 bridgehead atoms. The Kier molecular flexibility index (Phi) is 5.70. The molecule has 0 saturated heterocycles. The molecule has 0 atom stereocenters. The molecule has 1 fully saturated rings. The Balaban J connectivity index is 1.47. The van der Waals surface area contributed by atoms with Gasteiger partial charge in [0.25, 0.3) is 0 Å². The normalized spacial score (nSPS) is 16.4. The topological polar surface area (TPSA) is 60.0 Å². The Labute approximate surface area is 174 Å². The minimum absolute atomic E-state index is 0.0361. The zero-order valence-corrected chi connectivity index (χ0v) is 17.1. The zero-order valence-electron chi connectivity index (χ0n) is 17.1. The summed E-state index contributed by atoms with van der Waals surface area (Å²) in [7, 11) is 1.60. The van der Waals surface area contributed by atoms with Gasteiger partial charge >= 0.3 is 0 Å². The highest BCUT2D eigenvalue weighted by molar-refractivity contribution is 5.68. The predicted molar refractivity (Wildman–Crippen MR) is 110 cm³/mol. The molecule has 0 aliphatic heterocycles. The number of aromatic nitrogens is 3. The molecule has 0 unspecified atom stereocenters. The molecule has 2 aromatic heterocycles. The van der Waals surface area contributed by atoms with Gasteiger partial charge in [0.15, 0.2) is 0 Å². The summed E-state index contributed by atoms with van der Waals surface area (Å²) in [6.07, 6.45) is 4.26. The predicted octanol–water partition coefficient (Wildman–Crippen LogP) is 5.66. The fraction of sp³-hybridized carbons (Fsp3) is 0.391. The molecule has 0 amide bonds. The number of hydrogen-bond donors (Lipinski definition) is 1. The molecule has 30 heavy (non-hydrogen) atoms. The molecule has 3 aromatic rings. The van der Waals surface area contributed by atoms with Crippen molar-refractivity contribution in [1.29, 1.82) is 0 Å². The first-order valence-corrected chi connectivity index (χ1v) is 10.1. The summed E-state index contributed by atoms with van der Waals surface area (Å²) >= 11 is 0. The van der Waals surface area contributed by atoms with Gasteiger partial charge in [0.2, 0.25) is 5.92 Å². The number of imidazole rings is 1. The van der Waals surface area contributed by atoms with E-state index in [0.717, 1.165) is 28.3 Å². The molecule has 1 saturated carbocycles. The van der Waals surface area contributed by atoms with E-state index < -0.39 is 5.92 Å². The van der Waals surface area contributed by atoms with Gasteiger partial charge in [-0.3, -0.25) is 4.98 Å². The van der Waals surface area contributed by atoms with E-state index in [1.807, 2.05) is 43.5 Å². The molecule has 2 heterocycles. The van der Waals surface area contributed by atoms with Crippen LogP contribution in [0.25, 0.3) is 11.3 Å².